The second-order valence-corrected chi connectivity index (χ2v) is 6.24. The number of hydrogen-bond acceptors (Lipinski definition) is 2. The van der Waals surface area contributed by atoms with Crippen LogP contribution in [0.5, 0.6) is 0 Å². The number of nitrogens with zero attached hydrogens (tertiary/aromatic N) is 1. The second-order valence-electron chi connectivity index (χ2n) is 4.53. The third kappa shape index (κ3) is 2.54. The lowest BCUT2D eigenvalue weighted by Gasteiger charge is -2.34. The Kier molecular flexibility index (Phi) is 3.80. The molecule has 1 atom stereocenters. The average Bonchev–Trinajstić information content (AvgIpc) is 2.15. The zero-order valence-corrected chi connectivity index (χ0v) is 12.5. The molecule has 0 spiro atoms. The van der Waals surface area contributed by atoms with Crippen molar-refractivity contribution in [1.29, 1.82) is 0 Å². The Bertz CT molecular complexity index is 370. The first-order chi connectivity index (χ1) is 7.58. The molecule has 0 unspecified atom stereocenters. The fourth-order valence-corrected chi connectivity index (χ4v) is 4.00. The van der Waals surface area contributed by atoms with Gasteiger partial charge < -0.3 is 10.6 Å². The molecule has 1 heterocycles. The molecule has 2 nitrogen and oxygen atoms in total. The van der Waals surface area contributed by atoms with E-state index in [0.29, 0.717) is 0 Å². The maximum absolute atomic E-state index is 5.81. The van der Waals surface area contributed by atoms with Crippen LogP contribution in [-0.2, 0) is 0 Å². The minimum Gasteiger partial charge on any atom is -0.399 e. The van der Waals surface area contributed by atoms with Gasteiger partial charge in [-0.1, -0.05) is 6.92 Å². The first kappa shape index (κ1) is 12.2. The van der Waals surface area contributed by atoms with E-state index < -0.39 is 0 Å². The Morgan fingerprint density at radius 1 is 1.31 bits per heavy atom. The summed E-state index contributed by atoms with van der Waals surface area (Å²) < 4.78 is 2.15. The lowest BCUT2D eigenvalue weighted by Crippen LogP contribution is -2.34. The van der Waals surface area contributed by atoms with E-state index in [2.05, 4.69) is 43.7 Å². The van der Waals surface area contributed by atoms with E-state index in [1.165, 1.54) is 18.5 Å². The van der Waals surface area contributed by atoms with Crippen LogP contribution in [0.25, 0.3) is 0 Å². The molecule has 16 heavy (non-hydrogen) atoms. The van der Waals surface area contributed by atoms with Crippen molar-refractivity contribution in [3.63, 3.8) is 0 Å². The van der Waals surface area contributed by atoms with E-state index in [4.69, 9.17) is 5.73 Å². The van der Waals surface area contributed by atoms with Gasteiger partial charge in [0.15, 0.2) is 0 Å². The van der Waals surface area contributed by atoms with Crippen LogP contribution in [0.3, 0.4) is 0 Å². The molecule has 0 aromatic heterocycles. The Morgan fingerprint density at radius 3 is 2.50 bits per heavy atom. The molecule has 4 heteroatoms. The van der Waals surface area contributed by atoms with Crippen molar-refractivity contribution < 1.29 is 0 Å². The van der Waals surface area contributed by atoms with Gasteiger partial charge in [0.25, 0.3) is 0 Å². The summed E-state index contributed by atoms with van der Waals surface area (Å²) in [7, 11) is 0. The van der Waals surface area contributed by atoms with Gasteiger partial charge in [0, 0.05) is 27.7 Å². The summed E-state index contributed by atoms with van der Waals surface area (Å²) >= 11 is 7.20. The SMILES string of the molecule is C[C@H]1CCCN(c2c(Br)cc(N)cc2Br)C1. The molecule has 0 bridgehead atoms. The molecule has 2 rings (SSSR count). The first-order valence-electron chi connectivity index (χ1n) is 5.57. The fourth-order valence-electron chi connectivity index (χ4n) is 2.28. The van der Waals surface area contributed by atoms with Gasteiger partial charge in [0.2, 0.25) is 0 Å². The van der Waals surface area contributed by atoms with Crippen molar-refractivity contribution in [3.8, 4) is 0 Å². The number of benzene rings is 1. The standard InChI is InChI=1S/C12H16Br2N2/c1-8-3-2-4-16(7-8)12-10(13)5-9(15)6-11(12)14/h5-6,8H,2-4,7,15H2,1H3/t8-/m0/s1. The van der Waals surface area contributed by atoms with Crippen LogP contribution >= 0.6 is 31.9 Å². The molecule has 0 saturated carbocycles. The van der Waals surface area contributed by atoms with Crippen LogP contribution in [0.15, 0.2) is 21.1 Å². The third-order valence-corrected chi connectivity index (χ3v) is 4.22. The maximum atomic E-state index is 5.81. The van der Waals surface area contributed by atoms with E-state index in [1.54, 1.807) is 0 Å². The smallest absolute Gasteiger partial charge is 0.0656 e. The molecule has 2 N–H and O–H groups in total. The van der Waals surface area contributed by atoms with Crippen molar-refractivity contribution >= 4 is 43.2 Å². The van der Waals surface area contributed by atoms with Crippen molar-refractivity contribution in [2.45, 2.75) is 19.8 Å². The lowest BCUT2D eigenvalue weighted by molar-refractivity contribution is 0.446. The number of anilines is 2. The monoisotopic (exact) mass is 346 g/mol. The Hall–Kier alpha value is -0.220. The summed E-state index contributed by atoms with van der Waals surface area (Å²) in [5.41, 5.74) is 7.83. The Labute approximate surface area is 113 Å². The number of piperidine rings is 1. The third-order valence-electron chi connectivity index (χ3n) is 3.01. The molecule has 0 radical (unpaired) electrons. The highest BCUT2D eigenvalue weighted by Crippen LogP contribution is 2.38. The zero-order valence-electron chi connectivity index (χ0n) is 9.34. The van der Waals surface area contributed by atoms with Gasteiger partial charge in [-0.25, -0.2) is 0 Å². The second kappa shape index (κ2) is 4.96. The zero-order chi connectivity index (χ0) is 11.7. The highest BCUT2D eigenvalue weighted by Gasteiger charge is 2.20. The van der Waals surface area contributed by atoms with Gasteiger partial charge in [-0.2, -0.15) is 0 Å². The van der Waals surface area contributed by atoms with E-state index in [1.807, 2.05) is 12.1 Å². The minimum absolute atomic E-state index is 0.769. The van der Waals surface area contributed by atoms with Crippen molar-refractivity contribution in [2.75, 3.05) is 23.7 Å². The average molecular weight is 348 g/mol. The lowest BCUT2D eigenvalue weighted by atomic mass is 10.00. The first-order valence-corrected chi connectivity index (χ1v) is 7.16. The van der Waals surface area contributed by atoms with Gasteiger partial charge in [0.05, 0.1) is 5.69 Å². The van der Waals surface area contributed by atoms with Crippen molar-refractivity contribution in [2.24, 2.45) is 5.92 Å². The molecule has 1 aliphatic rings. The maximum Gasteiger partial charge on any atom is 0.0656 e. The van der Waals surface area contributed by atoms with Crippen LogP contribution in [0.4, 0.5) is 11.4 Å². The molecule has 88 valence electrons. The number of halogens is 2. The summed E-state index contributed by atoms with van der Waals surface area (Å²) in [6, 6.07) is 3.94. The normalized spacial score (nSPS) is 21.2. The Morgan fingerprint density at radius 2 is 1.94 bits per heavy atom. The molecule has 1 aliphatic heterocycles. The quantitative estimate of drug-likeness (QED) is 0.777. The summed E-state index contributed by atoms with van der Waals surface area (Å²) in [5, 5.41) is 0. The molecule has 0 amide bonds. The number of hydrogen-bond donors (Lipinski definition) is 1. The molecule has 1 saturated heterocycles. The molecule has 0 aliphatic carbocycles. The highest BCUT2D eigenvalue weighted by atomic mass is 79.9. The summed E-state index contributed by atoms with van der Waals surface area (Å²) in [4.78, 5) is 2.43. The molecule has 1 fully saturated rings. The van der Waals surface area contributed by atoms with E-state index in [0.717, 1.165) is 33.6 Å². The summed E-state index contributed by atoms with van der Waals surface area (Å²) in [5.74, 6) is 0.769. The molecule has 1 aromatic carbocycles. The van der Waals surface area contributed by atoms with Gasteiger partial charge in [-0.05, 0) is 62.8 Å². The number of rotatable bonds is 1. The minimum atomic E-state index is 0.769. The van der Waals surface area contributed by atoms with Crippen molar-refractivity contribution in [3.05, 3.63) is 21.1 Å². The molecular weight excluding hydrogens is 332 g/mol. The van der Waals surface area contributed by atoms with Crippen molar-refractivity contribution in [1.82, 2.24) is 0 Å². The summed E-state index contributed by atoms with van der Waals surface area (Å²) in [6.07, 6.45) is 2.60. The van der Waals surface area contributed by atoms with Gasteiger partial charge in [-0.15, -0.1) is 0 Å². The van der Waals surface area contributed by atoms with E-state index in [9.17, 15) is 0 Å². The van der Waals surface area contributed by atoms with Crippen LogP contribution in [0, 0.1) is 5.92 Å². The number of nitrogen functional groups attached to an aromatic ring is 1. The van der Waals surface area contributed by atoms with Gasteiger partial charge in [0.1, 0.15) is 0 Å². The predicted octanol–water partition coefficient (Wildman–Crippen LogP) is 4.03. The van der Waals surface area contributed by atoms with Crippen LogP contribution in [0.2, 0.25) is 0 Å². The topological polar surface area (TPSA) is 29.3 Å². The fraction of sp³-hybridized carbons (Fsp3) is 0.500. The largest absolute Gasteiger partial charge is 0.399 e. The van der Waals surface area contributed by atoms with E-state index in [-0.39, 0.29) is 0 Å². The van der Waals surface area contributed by atoms with Gasteiger partial charge >= 0.3 is 0 Å². The van der Waals surface area contributed by atoms with Crippen LogP contribution < -0.4 is 10.6 Å². The highest BCUT2D eigenvalue weighted by molar-refractivity contribution is 9.11. The van der Waals surface area contributed by atoms with Crippen LogP contribution in [0.1, 0.15) is 19.8 Å². The summed E-state index contributed by atoms with van der Waals surface area (Å²) in [6.45, 7) is 4.57. The predicted molar refractivity (Wildman–Crippen MR) is 76.9 cm³/mol. The number of nitrogens with two attached hydrogens (primary N) is 1. The molecular formula is C12H16Br2N2. The Balaban J connectivity index is 2.32. The van der Waals surface area contributed by atoms with Crippen LogP contribution in [-0.4, -0.2) is 13.1 Å². The van der Waals surface area contributed by atoms with Gasteiger partial charge in [-0.3, -0.25) is 0 Å². The molecule has 1 aromatic rings. The van der Waals surface area contributed by atoms with E-state index >= 15 is 0 Å².